The van der Waals surface area contributed by atoms with E-state index in [9.17, 15) is 13.2 Å². The number of carbonyl (C=O) groups excluding carboxylic acids is 1. The van der Waals surface area contributed by atoms with Crippen molar-refractivity contribution in [1.29, 1.82) is 0 Å². The standard InChI is InChI=1S/C7H6BrNO.C6H6O3S/c8-7(10)5-1-3-6(9)4-2-5;7-10(8,9)6-4-2-1-3-5-6/h1-4H,9H2;1-5H,(H,7,8,9). The Balaban J connectivity index is 0.000000200. The average Bonchev–Trinajstić information content (AvgIpc) is 2.40. The summed E-state index contributed by atoms with van der Waals surface area (Å²) >= 11 is 2.83. The molecule has 0 radical (unpaired) electrons. The van der Waals surface area contributed by atoms with Gasteiger partial charge in [-0.15, -0.1) is 0 Å². The van der Waals surface area contributed by atoms with Crippen LogP contribution in [0.1, 0.15) is 10.4 Å². The number of rotatable bonds is 2. The van der Waals surface area contributed by atoms with Crippen molar-refractivity contribution in [2.24, 2.45) is 0 Å². The smallest absolute Gasteiger partial charge is 0.294 e. The van der Waals surface area contributed by atoms with Gasteiger partial charge in [0.15, 0.2) is 0 Å². The highest BCUT2D eigenvalue weighted by molar-refractivity contribution is 9.18. The lowest BCUT2D eigenvalue weighted by atomic mass is 10.2. The highest BCUT2D eigenvalue weighted by Gasteiger charge is 2.05. The molecule has 0 aromatic heterocycles. The molecule has 2 aromatic rings. The topological polar surface area (TPSA) is 97.5 Å². The van der Waals surface area contributed by atoms with Gasteiger partial charge in [-0.05, 0) is 52.3 Å². The molecular weight excluding hydrogens is 346 g/mol. The van der Waals surface area contributed by atoms with E-state index in [-0.39, 0.29) is 9.59 Å². The van der Waals surface area contributed by atoms with Crippen LogP contribution in [0.4, 0.5) is 5.69 Å². The second kappa shape index (κ2) is 7.18. The van der Waals surface area contributed by atoms with Crippen LogP contribution in [0.3, 0.4) is 0 Å². The zero-order valence-electron chi connectivity index (χ0n) is 10.2. The second-order valence-corrected chi connectivity index (χ2v) is 5.83. The Labute approximate surface area is 125 Å². The fraction of sp³-hybridized carbons (Fsp3) is 0. The number of carbonyl (C=O) groups is 1. The number of hydrogen-bond acceptors (Lipinski definition) is 4. The molecule has 0 bridgehead atoms. The normalized spacial score (nSPS) is 10.3. The molecule has 0 amide bonds. The van der Waals surface area contributed by atoms with Crippen molar-refractivity contribution in [3.05, 3.63) is 60.2 Å². The zero-order valence-corrected chi connectivity index (χ0v) is 12.6. The van der Waals surface area contributed by atoms with Crippen LogP contribution in [0.2, 0.25) is 0 Å². The molecule has 0 saturated carbocycles. The first-order valence-corrected chi connectivity index (χ1v) is 7.62. The SMILES string of the molecule is Nc1ccc(C(=O)Br)cc1.O=S(=O)(O)c1ccccc1. The molecule has 0 aliphatic heterocycles. The van der Waals surface area contributed by atoms with Crippen LogP contribution in [0, 0.1) is 0 Å². The summed E-state index contributed by atoms with van der Waals surface area (Å²) in [6, 6.07) is 14.1. The lowest BCUT2D eigenvalue weighted by molar-refractivity contribution is 0.109. The third-order valence-corrected chi connectivity index (χ3v) is 3.50. The monoisotopic (exact) mass is 357 g/mol. The maximum atomic E-state index is 10.6. The molecule has 0 unspecified atom stereocenters. The molecule has 2 rings (SSSR count). The van der Waals surface area contributed by atoms with Gasteiger partial charge in [0.1, 0.15) is 0 Å². The molecule has 2 aromatic carbocycles. The molecular formula is C13H12BrNO4S. The molecule has 5 nitrogen and oxygen atoms in total. The number of nitrogens with two attached hydrogens (primary N) is 1. The molecule has 7 heteroatoms. The van der Waals surface area contributed by atoms with E-state index in [4.69, 9.17) is 10.3 Å². The van der Waals surface area contributed by atoms with Crippen LogP contribution in [0.5, 0.6) is 0 Å². The van der Waals surface area contributed by atoms with Crippen molar-refractivity contribution >= 4 is 36.4 Å². The van der Waals surface area contributed by atoms with Gasteiger partial charge in [0, 0.05) is 11.3 Å². The minimum atomic E-state index is -4.00. The molecule has 0 fully saturated rings. The van der Waals surface area contributed by atoms with Crippen molar-refractivity contribution in [1.82, 2.24) is 0 Å². The molecule has 0 atom stereocenters. The van der Waals surface area contributed by atoms with Crippen LogP contribution >= 0.6 is 15.9 Å². The zero-order chi connectivity index (χ0) is 15.2. The highest BCUT2D eigenvalue weighted by atomic mass is 79.9. The van der Waals surface area contributed by atoms with E-state index in [1.165, 1.54) is 12.1 Å². The van der Waals surface area contributed by atoms with Gasteiger partial charge in [0.25, 0.3) is 10.1 Å². The predicted molar refractivity (Wildman–Crippen MR) is 80.4 cm³/mol. The van der Waals surface area contributed by atoms with Crippen molar-refractivity contribution < 1.29 is 17.8 Å². The lowest BCUT2D eigenvalue weighted by Gasteiger charge is -1.93. The van der Waals surface area contributed by atoms with E-state index < -0.39 is 10.1 Å². The maximum absolute atomic E-state index is 10.6. The molecule has 20 heavy (non-hydrogen) atoms. The van der Waals surface area contributed by atoms with Crippen LogP contribution in [0.25, 0.3) is 0 Å². The summed E-state index contributed by atoms with van der Waals surface area (Å²) in [6.45, 7) is 0. The summed E-state index contributed by atoms with van der Waals surface area (Å²) in [7, 11) is -4.00. The van der Waals surface area contributed by atoms with Gasteiger partial charge in [-0.25, -0.2) is 0 Å². The quantitative estimate of drug-likeness (QED) is 0.489. The van der Waals surface area contributed by atoms with E-state index in [0.717, 1.165) is 0 Å². The Morgan fingerprint density at radius 1 is 1.00 bits per heavy atom. The molecule has 0 heterocycles. The van der Waals surface area contributed by atoms with E-state index in [1.807, 2.05) is 0 Å². The summed E-state index contributed by atoms with van der Waals surface area (Å²) < 4.78 is 29.1. The third-order valence-electron chi connectivity index (χ3n) is 2.18. The van der Waals surface area contributed by atoms with Crippen LogP contribution in [-0.2, 0) is 10.1 Å². The van der Waals surface area contributed by atoms with Crippen molar-refractivity contribution in [2.75, 3.05) is 5.73 Å². The van der Waals surface area contributed by atoms with Crippen LogP contribution < -0.4 is 5.73 Å². The summed E-state index contributed by atoms with van der Waals surface area (Å²) in [6.07, 6.45) is 0. The number of nitrogen functional groups attached to an aromatic ring is 1. The Morgan fingerprint density at radius 2 is 1.50 bits per heavy atom. The summed E-state index contributed by atoms with van der Waals surface area (Å²) in [5.41, 5.74) is 6.68. The third kappa shape index (κ3) is 5.52. The Kier molecular flexibility index (Phi) is 5.87. The number of hydrogen-bond donors (Lipinski definition) is 2. The van der Waals surface area contributed by atoms with Crippen molar-refractivity contribution in [3.63, 3.8) is 0 Å². The fourth-order valence-corrected chi connectivity index (χ4v) is 1.97. The van der Waals surface area contributed by atoms with Gasteiger partial charge in [0.2, 0.25) is 4.69 Å². The van der Waals surface area contributed by atoms with Crippen LogP contribution in [0.15, 0.2) is 59.5 Å². The van der Waals surface area contributed by atoms with E-state index in [1.54, 1.807) is 42.5 Å². The number of anilines is 1. The average molecular weight is 358 g/mol. The molecule has 0 aliphatic rings. The predicted octanol–water partition coefficient (Wildman–Crippen LogP) is 2.74. The minimum Gasteiger partial charge on any atom is -0.399 e. The molecule has 0 aliphatic carbocycles. The van der Waals surface area contributed by atoms with E-state index in [2.05, 4.69) is 15.9 Å². The Morgan fingerprint density at radius 3 is 1.85 bits per heavy atom. The number of benzene rings is 2. The van der Waals surface area contributed by atoms with E-state index >= 15 is 0 Å². The first-order chi connectivity index (χ1) is 9.30. The van der Waals surface area contributed by atoms with Crippen molar-refractivity contribution in [2.45, 2.75) is 4.90 Å². The fourth-order valence-electron chi connectivity index (χ4n) is 1.21. The Hall–Kier alpha value is -1.70. The van der Waals surface area contributed by atoms with Gasteiger partial charge < -0.3 is 5.73 Å². The first-order valence-electron chi connectivity index (χ1n) is 5.38. The van der Waals surface area contributed by atoms with Crippen LogP contribution in [-0.4, -0.2) is 17.7 Å². The van der Waals surface area contributed by atoms with Gasteiger partial charge >= 0.3 is 0 Å². The van der Waals surface area contributed by atoms with Gasteiger partial charge in [-0.3, -0.25) is 9.35 Å². The molecule has 0 spiro atoms. The molecule has 0 saturated heterocycles. The highest BCUT2D eigenvalue weighted by Crippen LogP contribution is 2.08. The summed E-state index contributed by atoms with van der Waals surface area (Å²) in [5, 5.41) is 0. The maximum Gasteiger partial charge on any atom is 0.294 e. The second-order valence-electron chi connectivity index (χ2n) is 3.68. The Bertz CT molecular complexity index is 669. The molecule has 3 N–H and O–H groups in total. The summed E-state index contributed by atoms with van der Waals surface area (Å²) in [4.78, 5) is 10.6. The van der Waals surface area contributed by atoms with Gasteiger partial charge in [-0.2, -0.15) is 8.42 Å². The summed E-state index contributed by atoms with van der Waals surface area (Å²) in [5.74, 6) is 0. The first kappa shape index (κ1) is 16.4. The molecule has 106 valence electrons. The van der Waals surface area contributed by atoms with E-state index in [0.29, 0.717) is 11.3 Å². The minimum absolute atomic E-state index is 0.0741. The largest absolute Gasteiger partial charge is 0.399 e. The van der Waals surface area contributed by atoms with Gasteiger partial charge in [0.05, 0.1) is 4.90 Å². The van der Waals surface area contributed by atoms with Crippen molar-refractivity contribution in [3.8, 4) is 0 Å². The lowest BCUT2D eigenvalue weighted by Crippen LogP contribution is -1.96. The van der Waals surface area contributed by atoms with Gasteiger partial charge in [-0.1, -0.05) is 18.2 Å². The number of halogens is 1.